The Balaban J connectivity index is 2.19. The zero-order chi connectivity index (χ0) is 16.8. The van der Waals surface area contributed by atoms with Crippen molar-refractivity contribution in [3.8, 4) is 0 Å². The van der Waals surface area contributed by atoms with Crippen molar-refractivity contribution >= 4 is 49.3 Å². The molecule has 0 spiro atoms. The summed E-state index contributed by atoms with van der Waals surface area (Å²) in [4.78, 5) is 39.0. The molecule has 4 atom stereocenters. The van der Waals surface area contributed by atoms with Gasteiger partial charge in [0.15, 0.2) is 17.5 Å². The molecule has 2 fully saturated rings. The predicted molar refractivity (Wildman–Crippen MR) is 91.7 cm³/mol. The van der Waals surface area contributed by atoms with Crippen LogP contribution in [0.2, 0.25) is 0 Å². The third-order valence-electron chi connectivity index (χ3n) is 5.11. The highest BCUT2D eigenvalue weighted by Crippen LogP contribution is 2.61. The number of ketones is 2. The van der Waals surface area contributed by atoms with Gasteiger partial charge < -0.3 is 4.90 Å². The summed E-state index contributed by atoms with van der Waals surface area (Å²) in [6.45, 7) is 7.94. The van der Waals surface area contributed by atoms with Crippen LogP contribution in [0.15, 0.2) is 9.47 Å². The first-order chi connectivity index (χ1) is 10.1. The van der Waals surface area contributed by atoms with E-state index in [0.717, 1.165) is 9.81 Å². The zero-order valence-corrected chi connectivity index (χ0v) is 16.4. The molecule has 2 rings (SSSR count). The average molecular weight is 435 g/mol. The second kappa shape index (κ2) is 6.19. The normalized spacial score (nSPS) is 31.2. The number of halogens is 2. The Hall–Kier alpha value is -0.490. The van der Waals surface area contributed by atoms with E-state index >= 15 is 0 Å². The molecule has 1 amide bonds. The highest BCUT2D eigenvalue weighted by atomic mass is 79.9. The topological polar surface area (TPSA) is 54.5 Å². The summed E-state index contributed by atoms with van der Waals surface area (Å²) < 4.78 is 0.790. The van der Waals surface area contributed by atoms with Crippen LogP contribution in [0.3, 0.4) is 0 Å². The molecule has 1 heterocycles. The Kier molecular flexibility index (Phi) is 5.03. The third-order valence-corrected chi connectivity index (χ3v) is 5.64. The molecule has 1 aliphatic carbocycles. The monoisotopic (exact) mass is 433 g/mol. The van der Waals surface area contributed by atoms with Crippen LogP contribution >= 0.6 is 31.9 Å². The molecule has 0 aromatic rings. The molecule has 0 radical (unpaired) electrons. The number of amides is 1. The second-order valence-corrected chi connectivity index (χ2v) is 9.58. The SMILES string of the molecule is CCC(C)N1CC(=O)C(C(=O)C2C(C=C(Br)Br)C2(C)C)C1=O. The van der Waals surface area contributed by atoms with Crippen molar-refractivity contribution in [1.82, 2.24) is 4.90 Å². The van der Waals surface area contributed by atoms with Gasteiger partial charge in [0, 0.05) is 12.0 Å². The lowest BCUT2D eigenvalue weighted by atomic mass is 9.94. The second-order valence-electron chi connectivity index (χ2n) is 6.81. The van der Waals surface area contributed by atoms with Gasteiger partial charge >= 0.3 is 0 Å². The smallest absolute Gasteiger partial charge is 0.241 e. The van der Waals surface area contributed by atoms with Gasteiger partial charge in [-0.2, -0.15) is 0 Å². The quantitative estimate of drug-likeness (QED) is 0.624. The van der Waals surface area contributed by atoms with Gasteiger partial charge in [-0.3, -0.25) is 14.4 Å². The average Bonchev–Trinajstić information content (AvgIpc) is 2.79. The first-order valence-corrected chi connectivity index (χ1v) is 9.11. The molecular formula is C16H21Br2NO3. The molecule has 22 heavy (non-hydrogen) atoms. The van der Waals surface area contributed by atoms with Gasteiger partial charge in [-0.15, -0.1) is 0 Å². The highest BCUT2D eigenvalue weighted by molar-refractivity contribution is 9.28. The lowest BCUT2D eigenvalue weighted by Gasteiger charge is -2.22. The Morgan fingerprint density at radius 2 is 2.00 bits per heavy atom. The van der Waals surface area contributed by atoms with Crippen LogP contribution in [0.25, 0.3) is 0 Å². The maximum Gasteiger partial charge on any atom is 0.241 e. The maximum absolute atomic E-state index is 12.8. The minimum absolute atomic E-state index is 0.00570. The molecule has 4 nitrogen and oxygen atoms in total. The molecule has 1 aliphatic heterocycles. The molecule has 0 aromatic heterocycles. The van der Waals surface area contributed by atoms with Gasteiger partial charge in [-0.1, -0.05) is 26.8 Å². The van der Waals surface area contributed by atoms with E-state index in [1.54, 1.807) is 4.90 Å². The van der Waals surface area contributed by atoms with E-state index in [0.29, 0.717) is 0 Å². The van der Waals surface area contributed by atoms with Crippen LogP contribution in [0.5, 0.6) is 0 Å². The summed E-state index contributed by atoms with van der Waals surface area (Å²) in [6.07, 6.45) is 2.70. The molecule has 1 saturated heterocycles. The number of hydrogen-bond acceptors (Lipinski definition) is 3. The summed E-state index contributed by atoms with van der Waals surface area (Å²) in [5.41, 5.74) is -0.214. The van der Waals surface area contributed by atoms with Gasteiger partial charge in [-0.25, -0.2) is 0 Å². The van der Waals surface area contributed by atoms with Crippen molar-refractivity contribution in [3.05, 3.63) is 9.47 Å². The largest absolute Gasteiger partial charge is 0.332 e. The number of nitrogens with zero attached hydrogens (tertiary/aromatic N) is 1. The summed E-state index contributed by atoms with van der Waals surface area (Å²) in [5.74, 6) is -2.09. The number of carbonyl (C=O) groups excluding carboxylic acids is 3. The van der Waals surface area contributed by atoms with Crippen LogP contribution in [-0.2, 0) is 14.4 Å². The Labute approximate surface area is 147 Å². The number of rotatable bonds is 5. The molecular weight excluding hydrogens is 414 g/mol. The molecule has 0 bridgehead atoms. The number of Topliss-reactive ketones (excluding diaryl/α,β-unsaturated/α-hetero) is 2. The standard InChI is InChI=1S/C16H21Br2NO3/c1-5-8(2)19-7-10(20)12(15(19)22)14(21)13-9(6-11(17)18)16(13,3)4/h6,8-9,12-13H,5,7H2,1-4H3. The predicted octanol–water partition coefficient (Wildman–Crippen LogP) is 3.28. The van der Waals surface area contributed by atoms with Gasteiger partial charge in [0.25, 0.3) is 0 Å². The minimum atomic E-state index is -1.09. The molecule has 1 saturated carbocycles. The Bertz CT molecular complexity index is 552. The molecule has 0 N–H and O–H groups in total. The van der Waals surface area contributed by atoms with E-state index in [4.69, 9.17) is 0 Å². The minimum Gasteiger partial charge on any atom is -0.332 e. The van der Waals surface area contributed by atoms with Crippen molar-refractivity contribution in [1.29, 1.82) is 0 Å². The van der Waals surface area contributed by atoms with Crippen molar-refractivity contribution in [3.63, 3.8) is 0 Å². The number of likely N-dealkylation sites (tertiary alicyclic amines) is 1. The Morgan fingerprint density at radius 1 is 1.41 bits per heavy atom. The van der Waals surface area contributed by atoms with Crippen LogP contribution in [-0.4, -0.2) is 35.0 Å². The van der Waals surface area contributed by atoms with Gasteiger partial charge in [0.1, 0.15) is 0 Å². The number of carbonyl (C=O) groups is 3. The van der Waals surface area contributed by atoms with Crippen molar-refractivity contribution in [2.24, 2.45) is 23.2 Å². The van der Waals surface area contributed by atoms with E-state index in [1.807, 2.05) is 33.8 Å². The first kappa shape index (κ1) is 17.9. The van der Waals surface area contributed by atoms with E-state index in [9.17, 15) is 14.4 Å². The third kappa shape index (κ3) is 2.96. The van der Waals surface area contributed by atoms with Crippen LogP contribution in [0.1, 0.15) is 34.1 Å². The van der Waals surface area contributed by atoms with Crippen LogP contribution in [0.4, 0.5) is 0 Å². The first-order valence-electron chi connectivity index (χ1n) is 7.52. The lowest BCUT2D eigenvalue weighted by molar-refractivity contribution is -0.140. The zero-order valence-electron chi connectivity index (χ0n) is 13.2. The van der Waals surface area contributed by atoms with Crippen molar-refractivity contribution in [2.45, 2.75) is 40.2 Å². The van der Waals surface area contributed by atoms with E-state index in [1.165, 1.54) is 0 Å². The molecule has 2 aliphatic rings. The van der Waals surface area contributed by atoms with E-state index < -0.39 is 5.92 Å². The lowest BCUT2D eigenvalue weighted by Crippen LogP contribution is -2.37. The fraction of sp³-hybridized carbons (Fsp3) is 0.688. The molecule has 122 valence electrons. The molecule has 0 aromatic carbocycles. The summed E-state index contributed by atoms with van der Waals surface area (Å²) in [6, 6.07) is -0.00570. The summed E-state index contributed by atoms with van der Waals surface area (Å²) >= 11 is 6.63. The van der Waals surface area contributed by atoms with E-state index in [-0.39, 0.29) is 47.3 Å². The Morgan fingerprint density at radius 3 is 2.50 bits per heavy atom. The summed E-state index contributed by atoms with van der Waals surface area (Å²) in [7, 11) is 0. The molecule has 6 heteroatoms. The highest BCUT2D eigenvalue weighted by Gasteiger charge is 2.63. The number of hydrogen-bond donors (Lipinski definition) is 0. The summed E-state index contributed by atoms with van der Waals surface area (Å²) in [5, 5.41) is 0. The van der Waals surface area contributed by atoms with Gasteiger partial charge in [0.05, 0.1) is 9.94 Å². The van der Waals surface area contributed by atoms with Crippen molar-refractivity contribution in [2.75, 3.05) is 6.54 Å². The fourth-order valence-corrected chi connectivity index (χ4v) is 3.93. The van der Waals surface area contributed by atoms with Crippen molar-refractivity contribution < 1.29 is 14.4 Å². The molecule has 4 unspecified atom stereocenters. The number of allylic oxidation sites excluding steroid dienone is 1. The fourth-order valence-electron chi connectivity index (χ4n) is 3.36. The van der Waals surface area contributed by atoms with Crippen LogP contribution in [0, 0.1) is 23.2 Å². The van der Waals surface area contributed by atoms with Crippen LogP contribution < -0.4 is 0 Å². The van der Waals surface area contributed by atoms with Gasteiger partial charge in [0.2, 0.25) is 5.91 Å². The van der Waals surface area contributed by atoms with E-state index in [2.05, 4.69) is 31.9 Å². The van der Waals surface area contributed by atoms with Gasteiger partial charge in [-0.05, 0) is 56.5 Å². The maximum atomic E-state index is 12.8.